The standard InChI is InChI=1S/C69H132O6/c1-4-7-10-13-16-19-22-25-27-28-29-30-31-32-33-34-35-36-37-38-39-40-41-43-44-47-50-53-56-59-62-68(71)74-65-66(64-73-67(70)61-58-55-52-49-46-24-21-18-15-12-9-6-3)75-69(72)63-60-57-54-51-48-45-42-26-23-20-17-14-11-8-5-2/h26,42,66H,4-25,27-41,43-65H2,1-3H3/b42-26-. The van der Waals surface area contributed by atoms with Gasteiger partial charge in [0.15, 0.2) is 6.10 Å². The molecule has 0 aromatic rings. The fourth-order valence-electron chi connectivity index (χ4n) is 10.6. The molecule has 0 spiro atoms. The Morgan fingerprint density at radius 3 is 0.667 bits per heavy atom. The highest BCUT2D eigenvalue weighted by molar-refractivity contribution is 5.71. The lowest BCUT2D eigenvalue weighted by Crippen LogP contribution is -2.30. The van der Waals surface area contributed by atoms with Crippen LogP contribution in [0.4, 0.5) is 0 Å². The van der Waals surface area contributed by atoms with E-state index in [0.717, 1.165) is 64.2 Å². The smallest absolute Gasteiger partial charge is 0.306 e. The van der Waals surface area contributed by atoms with Crippen LogP contribution in [0.15, 0.2) is 12.2 Å². The summed E-state index contributed by atoms with van der Waals surface area (Å²) in [5.74, 6) is -0.846. The number of carbonyl (C=O) groups is 3. The van der Waals surface area contributed by atoms with Crippen molar-refractivity contribution in [2.45, 2.75) is 399 Å². The molecule has 6 heteroatoms. The molecule has 6 nitrogen and oxygen atoms in total. The van der Waals surface area contributed by atoms with Crippen molar-refractivity contribution in [3.05, 3.63) is 12.2 Å². The number of rotatable bonds is 64. The minimum absolute atomic E-state index is 0.0670. The Hall–Kier alpha value is -1.85. The van der Waals surface area contributed by atoms with Gasteiger partial charge in [0.1, 0.15) is 13.2 Å². The molecule has 444 valence electrons. The van der Waals surface area contributed by atoms with E-state index in [0.29, 0.717) is 19.3 Å². The van der Waals surface area contributed by atoms with E-state index in [9.17, 15) is 14.4 Å². The van der Waals surface area contributed by atoms with Gasteiger partial charge >= 0.3 is 17.9 Å². The maximum Gasteiger partial charge on any atom is 0.306 e. The fraction of sp³-hybridized carbons (Fsp3) is 0.928. The topological polar surface area (TPSA) is 78.9 Å². The second kappa shape index (κ2) is 64.7. The van der Waals surface area contributed by atoms with Crippen LogP contribution in [-0.2, 0) is 28.6 Å². The van der Waals surface area contributed by atoms with E-state index in [1.807, 2.05) is 0 Å². The lowest BCUT2D eigenvalue weighted by atomic mass is 10.0. The van der Waals surface area contributed by atoms with Gasteiger partial charge in [0.25, 0.3) is 0 Å². The van der Waals surface area contributed by atoms with Crippen LogP contribution in [0.2, 0.25) is 0 Å². The lowest BCUT2D eigenvalue weighted by Gasteiger charge is -2.18. The number of allylic oxidation sites excluding steroid dienone is 2. The van der Waals surface area contributed by atoms with E-state index in [1.54, 1.807) is 0 Å². The van der Waals surface area contributed by atoms with Crippen LogP contribution in [-0.4, -0.2) is 37.2 Å². The highest BCUT2D eigenvalue weighted by Crippen LogP contribution is 2.19. The molecular formula is C69H132O6. The molecule has 1 unspecified atom stereocenters. The normalized spacial score (nSPS) is 12.0. The minimum Gasteiger partial charge on any atom is -0.462 e. The number of hydrogen-bond donors (Lipinski definition) is 0. The molecule has 0 aliphatic carbocycles. The molecule has 0 aromatic heterocycles. The number of ether oxygens (including phenoxy) is 3. The van der Waals surface area contributed by atoms with Crippen LogP contribution in [0.25, 0.3) is 0 Å². The Balaban J connectivity index is 4.09. The van der Waals surface area contributed by atoms with Gasteiger partial charge in [-0.15, -0.1) is 0 Å². The molecular weight excluding hydrogens is 925 g/mol. The molecule has 1 atom stereocenters. The van der Waals surface area contributed by atoms with Crippen molar-refractivity contribution in [1.29, 1.82) is 0 Å². The van der Waals surface area contributed by atoms with E-state index < -0.39 is 6.10 Å². The molecule has 0 aliphatic rings. The van der Waals surface area contributed by atoms with Crippen molar-refractivity contribution < 1.29 is 28.6 Å². The predicted octanol–water partition coefficient (Wildman–Crippen LogP) is 23.2. The summed E-state index contributed by atoms with van der Waals surface area (Å²) in [6.45, 7) is 6.70. The molecule has 0 heterocycles. The maximum atomic E-state index is 12.9. The first kappa shape index (κ1) is 73.2. The molecule has 75 heavy (non-hydrogen) atoms. The van der Waals surface area contributed by atoms with Crippen LogP contribution in [0, 0.1) is 0 Å². The van der Waals surface area contributed by atoms with E-state index in [-0.39, 0.29) is 31.1 Å². The van der Waals surface area contributed by atoms with Crippen molar-refractivity contribution >= 4 is 17.9 Å². The largest absolute Gasteiger partial charge is 0.462 e. The first-order valence-corrected chi connectivity index (χ1v) is 34.2. The Bertz CT molecular complexity index is 1170. The second-order valence-electron chi connectivity index (χ2n) is 23.5. The average molecular weight is 1060 g/mol. The molecule has 0 saturated heterocycles. The van der Waals surface area contributed by atoms with Crippen molar-refractivity contribution in [3.8, 4) is 0 Å². The van der Waals surface area contributed by atoms with Crippen molar-refractivity contribution in [2.75, 3.05) is 13.2 Å². The van der Waals surface area contributed by atoms with E-state index >= 15 is 0 Å². The summed E-state index contributed by atoms with van der Waals surface area (Å²) in [5, 5.41) is 0. The third-order valence-electron chi connectivity index (χ3n) is 15.8. The van der Waals surface area contributed by atoms with Gasteiger partial charge in [-0.3, -0.25) is 14.4 Å². The van der Waals surface area contributed by atoms with Crippen LogP contribution in [0.3, 0.4) is 0 Å². The number of esters is 3. The van der Waals surface area contributed by atoms with Gasteiger partial charge in [-0.2, -0.15) is 0 Å². The maximum absolute atomic E-state index is 12.9. The first-order chi connectivity index (χ1) is 37.0. The zero-order valence-corrected chi connectivity index (χ0v) is 51.1. The lowest BCUT2D eigenvalue weighted by molar-refractivity contribution is -0.167. The highest BCUT2D eigenvalue weighted by atomic mass is 16.6. The van der Waals surface area contributed by atoms with Gasteiger partial charge in [0.2, 0.25) is 0 Å². The molecule has 0 radical (unpaired) electrons. The minimum atomic E-state index is -0.770. The Kier molecular flexibility index (Phi) is 63.1. The predicted molar refractivity (Wildman–Crippen MR) is 326 cm³/mol. The van der Waals surface area contributed by atoms with E-state index in [2.05, 4.69) is 32.9 Å². The molecule has 0 aliphatic heterocycles. The number of carbonyl (C=O) groups excluding carboxylic acids is 3. The summed E-state index contributed by atoms with van der Waals surface area (Å²) in [6.07, 6.45) is 76.8. The zero-order chi connectivity index (χ0) is 54.3. The summed E-state index contributed by atoms with van der Waals surface area (Å²) in [4.78, 5) is 38.3. The van der Waals surface area contributed by atoms with Gasteiger partial charge in [-0.05, 0) is 44.9 Å². The third-order valence-corrected chi connectivity index (χ3v) is 15.8. The van der Waals surface area contributed by atoms with Crippen LogP contribution in [0.1, 0.15) is 393 Å². The molecule has 0 saturated carbocycles. The Morgan fingerprint density at radius 2 is 0.440 bits per heavy atom. The van der Waals surface area contributed by atoms with Crippen LogP contribution < -0.4 is 0 Å². The number of hydrogen-bond acceptors (Lipinski definition) is 6. The molecule has 0 rings (SSSR count). The quantitative estimate of drug-likeness (QED) is 0.0261. The van der Waals surface area contributed by atoms with Gasteiger partial charge in [-0.25, -0.2) is 0 Å². The van der Waals surface area contributed by atoms with Gasteiger partial charge in [0, 0.05) is 19.3 Å². The molecule has 0 fully saturated rings. The fourth-order valence-corrected chi connectivity index (χ4v) is 10.6. The molecule has 0 bridgehead atoms. The summed E-state index contributed by atoms with van der Waals surface area (Å²) >= 11 is 0. The van der Waals surface area contributed by atoms with Crippen molar-refractivity contribution in [1.82, 2.24) is 0 Å². The summed E-state index contributed by atoms with van der Waals surface area (Å²) in [6, 6.07) is 0. The SMILES string of the molecule is CCCCCCCC/C=C\CCCCCCCC(=O)OC(COC(=O)CCCCCCCCCCCCCC)COC(=O)CCCCCCCCCCCCCCCCCCCCCCCCCCCCCCCC. The summed E-state index contributed by atoms with van der Waals surface area (Å²) < 4.78 is 16.9. The van der Waals surface area contributed by atoms with Gasteiger partial charge < -0.3 is 14.2 Å². The number of unbranched alkanes of at least 4 members (excludes halogenated alkanes) is 51. The Morgan fingerprint density at radius 1 is 0.253 bits per heavy atom. The summed E-state index contributed by atoms with van der Waals surface area (Å²) in [7, 11) is 0. The highest BCUT2D eigenvalue weighted by Gasteiger charge is 2.19. The monoisotopic (exact) mass is 1060 g/mol. The van der Waals surface area contributed by atoms with E-state index in [4.69, 9.17) is 14.2 Å². The van der Waals surface area contributed by atoms with Crippen molar-refractivity contribution in [2.24, 2.45) is 0 Å². The van der Waals surface area contributed by atoms with E-state index in [1.165, 1.54) is 289 Å². The van der Waals surface area contributed by atoms with Crippen molar-refractivity contribution in [3.63, 3.8) is 0 Å². The summed E-state index contributed by atoms with van der Waals surface area (Å²) in [5.41, 5.74) is 0. The zero-order valence-electron chi connectivity index (χ0n) is 51.1. The second-order valence-corrected chi connectivity index (χ2v) is 23.5. The first-order valence-electron chi connectivity index (χ1n) is 34.2. The van der Waals surface area contributed by atoms with Crippen LogP contribution >= 0.6 is 0 Å². The Labute approximate surface area is 469 Å². The average Bonchev–Trinajstić information content (AvgIpc) is 3.41. The third kappa shape index (κ3) is 62.9. The van der Waals surface area contributed by atoms with Gasteiger partial charge in [-0.1, -0.05) is 341 Å². The molecule has 0 aromatic carbocycles. The van der Waals surface area contributed by atoms with Gasteiger partial charge in [0.05, 0.1) is 0 Å². The molecule has 0 N–H and O–H groups in total. The molecule has 0 amide bonds. The van der Waals surface area contributed by atoms with Crippen LogP contribution in [0.5, 0.6) is 0 Å².